The monoisotopic (exact) mass is 656 g/mol. The second kappa shape index (κ2) is 12.7. The molecule has 2 heteroatoms. The van der Waals surface area contributed by atoms with E-state index in [2.05, 4.69) is 122 Å². The summed E-state index contributed by atoms with van der Waals surface area (Å²) in [4.78, 5) is 0. The topological polar surface area (TPSA) is 0 Å². The molecule has 48 heavy (non-hydrogen) atoms. The molecule has 0 fully saturated rings. The molecule has 2 heterocycles. The van der Waals surface area contributed by atoms with Gasteiger partial charge in [0.25, 0.3) is 0 Å². The first-order valence-corrected chi connectivity index (χ1v) is 19.5. The molecular weight excluding hydrogens is 617 g/mol. The largest absolute Gasteiger partial charge is 0.135 e. The van der Waals surface area contributed by atoms with Crippen LogP contribution in [0.15, 0.2) is 115 Å². The Morgan fingerprint density at radius 2 is 0.854 bits per heavy atom. The summed E-state index contributed by atoms with van der Waals surface area (Å²) in [6.07, 6.45) is 12.2. The summed E-state index contributed by atoms with van der Waals surface area (Å²) in [7, 11) is 0. The van der Waals surface area contributed by atoms with Crippen LogP contribution in [0, 0.1) is 0 Å². The molecule has 0 amide bonds. The van der Waals surface area contributed by atoms with Crippen LogP contribution in [0.1, 0.15) is 63.9 Å². The molecular formula is C46H40S2. The Kier molecular flexibility index (Phi) is 7.87. The maximum atomic E-state index is 2.46. The van der Waals surface area contributed by atoms with Crippen LogP contribution in [-0.4, -0.2) is 0 Å². The highest BCUT2D eigenvalue weighted by Crippen LogP contribution is 2.43. The van der Waals surface area contributed by atoms with E-state index >= 15 is 0 Å². The molecule has 0 unspecified atom stereocenters. The molecule has 0 aliphatic heterocycles. The predicted octanol–water partition coefficient (Wildman–Crippen LogP) is 15.2. The maximum Gasteiger partial charge on any atom is 0.0361 e. The van der Waals surface area contributed by atoms with E-state index in [9.17, 15) is 0 Å². The van der Waals surface area contributed by atoms with E-state index in [1.165, 1.54) is 147 Å². The predicted molar refractivity (Wildman–Crippen MR) is 216 cm³/mol. The molecule has 7 aromatic carbocycles. The number of hydrogen-bond donors (Lipinski definition) is 0. The first-order chi connectivity index (χ1) is 23.7. The SMILES string of the molecule is CCCCCCCCCCc1ccc2cc3sc4cc5cc6c(cc5cc4c3cc2c1)sc1cc2ccc(-c3ccccc3)cc2cc16. The Morgan fingerprint density at radius 1 is 0.375 bits per heavy atom. The van der Waals surface area contributed by atoms with Gasteiger partial charge < -0.3 is 0 Å². The first kappa shape index (κ1) is 29.9. The molecule has 0 atom stereocenters. The van der Waals surface area contributed by atoms with E-state index in [-0.39, 0.29) is 0 Å². The number of thiophene rings is 2. The van der Waals surface area contributed by atoms with Gasteiger partial charge in [0, 0.05) is 40.3 Å². The van der Waals surface area contributed by atoms with Gasteiger partial charge in [-0.1, -0.05) is 113 Å². The Morgan fingerprint density at radius 3 is 1.44 bits per heavy atom. The fourth-order valence-electron chi connectivity index (χ4n) is 7.76. The summed E-state index contributed by atoms with van der Waals surface area (Å²) >= 11 is 3.86. The maximum absolute atomic E-state index is 2.46. The third kappa shape index (κ3) is 5.55. The van der Waals surface area contributed by atoms with Crippen molar-refractivity contribution in [2.45, 2.75) is 64.7 Å². The van der Waals surface area contributed by atoms with Crippen LogP contribution in [0.3, 0.4) is 0 Å². The second-order valence-corrected chi connectivity index (χ2v) is 15.9. The van der Waals surface area contributed by atoms with E-state index in [0.717, 1.165) is 0 Å². The van der Waals surface area contributed by atoms with E-state index in [0.29, 0.717) is 0 Å². The zero-order chi connectivity index (χ0) is 32.0. The van der Waals surface area contributed by atoms with E-state index in [4.69, 9.17) is 0 Å². The minimum atomic E-state index is 1.19. The molecule has 236 valence electrons. The fraction of sp³-hybridized carbons (Fsp3) is 0.217. The normalized spacial score (nSPS) is 12.2. The zero-order valence-corrected chi connectivity index (χ0v) is 29.3. The van der Waals surface area contributed by atoms with Crippen molar-refractivity contribution >= 4 is 95.3 Å². The average Bonchev–Trinajstić information content (AvgIpc) is 3.64. The van der Waals surface area contributed by atoms with Gasteiger partial charge in [0.2, 0.25) is 0 Å². The molecule has 0 saturated carbocycles. The number of rotatable bonds is 10. The zero-order valence-electron chi connectivity index (χ0n) is 27.7. The lowest BCUT2D eigenvalue weighted by Gasteiger charge is -2.06. The lowest BCUT2D eigenvalue weighted by molar-refractivity contribution is 0.575. The number of aryl methyl sites for hydroxylation is 1. The van der Waals surface area contributed by atoms with Crippen LogP contribution in [0.5, 0.6) is 0 Å². The van der Waals surface area contributed by atoms with Gasteiger partial charge in [-0.05, 0) is 116 Å². The number of hydrogen-bond acceptors (Lipinski definition) is 2. The minimum absolute atomic E-state index is 1.19. The molecule has 0 bridgehead atoms. The lowest BCUT2D eigenvalue weighted by Crippen LogP contribution is -1.87. The quantitative estimate of drug-likeness (QED) is 0.129. The molecule has 0 saturated heterocycles. The van der Waals surface area contributed by atoms with Gasteiger partial charge >= 0.3 is 0 Å². The van der Waals surface area contributed by atoms with Crippen LogP contribution >= 0.6 is 22.7 Å². The number of fused-ring (bicyclic) bond motifs is 9. The first-order valence-electron chi connectivity index (χ1n) is 17.9. The Hall–Kier alpha value is -4.24. The Labute approximate surface area is 290 Å². The summed E-state index contributed by atoms with van der Waals surface area (Å²) in [6, 6.07) is 44.2. The van der Waals surface area contributed by atoms with Gasteiger partial charge in [-0.2, -0.15) is 0 Å². The van der Waals surface area contributed by atoms with Gasteiger partial charge in [-0.15, -0.1) is 22.7 Å². The van der Waals surface area contributed by atoms with E-state index in [1.54, 1.807) is 0 Å². The summed E-state index contributed by atoms with van der Waals surface area (Å²) in [5, 5.41) is 13.5. The van der Waals surface area contributed by atoms with Gasteiger partial charge in [0.15, 0.2) is 0 Å². The third-order valence-corrected chi connectivity index (χ3v) is 12.7. The highest BCUT2D eigenvalue weighted by Gasteiger charge is 2.13. The van der Waals surface area contributed by atoms with Crippen molar-refractivity contribution in [1.82, 2.24) is 0 Å². The fourth-order valence-corrected chi connectivity index (χ4v) is 10.1. The molecule has 0 aliphatic rings. The highest BCUT2D eigenvalue weighted by molar-refractivity contribution is 7.26. The van der Waals surface area contributed by atoms with Crippen molar-refractivity contribution in [3.05, 3.63) is 121 Å². The van der Waals surface area contributed by atoms with Crippen molar-refractivity contribution in [2.75, 3.05) is 0 Å². The third-order valence-electron chi connectivity index (χ3n) is 10.4. The number of unbranched alkanes of at least 4 members (excludes halogenated alkanes) is 7. The van der Waals surface area contributed by atoms with Crippen molar-refractivity contribution in [3.63, 3.8) is 0 Å². The molecule has 0 spiro atoms. The summed E-state index contributed by atoms with van der Waals surface area (Å²) in [5.41, 5.74) is 4.01. The molecule has 0 radical (unpaired) electrons. The second-order valence-electron chi connectivity index (χ2n) is 13.8. The standard InChI is InChI=1S/C46H40S2/c1-2-3-4-5-6-7-8-10-13-30-16-17-33-26-43-39(22-35(33)20-30)41-24-37-29-46-42(25-38(37)28-45(41)47-43)40-23-36-21-32(31-14-11-9-12-15-31)18-19-34(36)27-44(40)48-46/h9,11-12,14-29H,2-8,10,13H2,1H3. The molecule has 2 aromatic heterocycles. The van der Waals surface area contributed by atoms with E-state index in [1.807, 2.05) is 22.7 Å². The summed E-state index contributed by atoms with van der Waals surface area (Å²) < 4.78 is 5.49. The molecule has 0 nitrogen and oxygen atoms in total. The molecule has 9 aromatic rings. The molecule has 0 aliphatic carbocycles. The lowest BCUT2D eigenvalue weighted by atomic mass is 9.98. The van der Waals surface area contributed by atoms with Crippen molar-refractivity contribution < 1.29 is 0 Å². The van der Waals surface area contributed by atoms with Gasteiger partial charge in [0.05, 0.1) is 0 Å². The van der Waals surface area contributed by atoms with Crippen LogP contribution in [0.25, 0.3) is 83.8 Å². The average molecular weight is 657 g/mol. The van der Waals surface area contributed by atoms with Crippen molar-refractivity contribution in [3.8, 4) is 11.1 Å². The van der Waals surface area contributed by atoms with Crippen molar-refractivity contribution in [1.29, 1.82) is 0 Å². The highest BCUT2D eigenvalue weighted by atomic mass is 32.1. The minimum Gasteiger partial charge on any atom is -0.135 e. The Balaban J connectivity index is 1.05. The molecule has 9 rings (SSSR count). The van der Waals surface area contributed by atoms with Crippen LogP contribution in [-0.2, 0) is 6.42 Å². The summed E-state index contributed by atoms with van der Waals surface area (Å²) in [6.45, 7) is 2.29. The van der Waals surface area contributed by atoms with Gasteiger partial charge in [0.1, 0.15) is 0 Å². The number of benzene rings is 7. The van der Waals surface area contributed by atoms with Crippen LogP contribution in [0.2, 0.25) is 0 Å². The Bertz CT molecular complexity index is 2600. The van der Waals surface area contributed by atoms with Gasteiger partial charge in [-0.25, -0.2) is 0 Å². The van der Waals surface area contributed by atoms with Crippen molar-refractivity contribution in [2.24, 2.45) is 0 Å². The molecule has 0 N–H and O–H groups in total. The van der Waals surface area contributed by atoms with Crippen LogP contribution < -0.4 is 0 Å². The van der Waals surface area contributed by atoms with Gasteiger partial charge in [-0.3, -0.25) is 0 Å². The van der Waals surface area contributed by atoms with E-state index < -0.39 is 0 Å². The smallest absolute Gasteiger partial charge is 0.0361 e. The summed E-state index contributed by atoms with van der Waals surface area (Å²) in [5.74, 6) is 0. The van der Waals surface area contributed by atoms with Crippen LogP contribution in [0.4, 0.5) is 0 Å².